The van der Waals surface area contributed by atoms with Gasteiger partial charge in [0.15, 0.2) is 0 Å². The third-order valence-corrected chi connectivity index (χ3v) is 6.68. The predicted octanol–water partition coefficient (Wildman–Crippen LogP) is 4.87. The monoisotopic (exact) mass is 469 g/mol. The van der Waals surface area contributed by atoms with Crippen LogP contribution in [-0.4, -0.2) is 25.2 Å². The number of fused-ring (bicyclic) bond motifs is 1. The number of thiophene rings is 1. The largest absolute Gasteiger partial charge is 0.321 e. The lowest BCUT2D eigenvalue weighted by atomic mass is 10.1. The maximum absolute atomic E-state index is 13.3. The molecule has 0 saturated carbocycles. The summed E-state index contributed by atoms with van der Waals surface area (Å²) >= 11 is 1.42. The zero-order valence-electron chi connectivity index (χ0n) is 19.1. The van der Waals surface area contributed by atoms with Gasteiger partial charge in [-0.3, -0.25) is 14.2 Å². The highest BCUT2D eigenvalue weighted by molar-refractivity contribution is 7.17. The molecule has 0 saturated heterocycles. The highest BCUT2D eigenvalue weighted by Gasteiger charge is 2.18. The Labute approximate surface area is 200 Å². The van der Waals surface area contributed by atoms with E-state index in [1.165, 1.54) is 22.2 Å². The number of nitrogens with zero attached hydrogens (tertiary/aromatic N) is 4. The molecule has 7 nitrogen and oxygen atoms in total. The molecule has 0 aliphatic carbocycles. The SMILES string of the molecule is Cc1ccc(-n2nc(C)c(NC(=O)Cn3cnc4scc(-c5ccccc5)c4c3=O)c2C)cc1. The molecular weight excluding hydrogens is 446 g/mol. The van der Waals surface area contributed by atoms with Crippen LogP contribution in [0.4, 0.5) is 5.69 Å². The van der Waals surface area contributed by atoms with Gasteiger partial charge in [0.25, 0.3) is 5.56 Å². The van der Waals surface area contributed by atoms with Crippen LogP contribution in [0.15, 0.2) is 71.1 Å². The lowest BCUT2D eigenvalue weighted by Gasteiger charge is -2.09. The molecule has 3 aromatic heterocycles. The van der Waals surface area contributed by atoms with Crippen LogP contribution in [-0.2, 0) is 11.3 Å². The van der Waals surface area contributed by atoms with Crippen molar-refractivity contribution in [3.05, 3.63) is 93.6 Å². The van der Waals surface area contributed by atoms with Gasteiger partial charge in [-0.1, -0.05) is 48.0 Å². The van der Waals surface area contributed by atoms with Crippen molar-refractivity contribution < 1.29 is 4.79 Å². The highest BCUT2D eigenvalue weighted by Crippen LogP contribution is 2.30. The number of carbonyl (C=O) groups excluding carboxylic acids is 1. The van der Waals surface area contributed by atoms with E-state index in [-0.39, 0.29) is 18.0 Å². The van der Waals surface area contributed by atoms with Crippen molar-refractivity contribution in [3.63, 3.8) is 0 Å². The molecule has 0 unspecified atom stereocenters. The van der Waals surface area contributed by atoms with Gasteiger partial charge >= 0.3 is 0 Å². The van der Waals surface area contributed by atoms with E-state index in [2.05, 4.69) is 15.4 Å². The first-order chi connectivity index (χ1) is 16.4. The third-order valence-electron chi connectivity index (χ3n) is 5.79. The van der Waals surface area contributed by atoms with Gasteiger partial charge in [0.2, 0.25) is 5.91 Å². The zero-order chi connectivity index (χ0) is 23.8. The molecule has 5 rings (SSSR count). The minimum absolute atomic E-state index is 0.138. The Kier molecular flexibility index (Phi) is 5.59. The first-order valence-electron chi connectivity index (χ1n) is 10.9. The summed E-state index contributed by atoms with van der Waals surface area (Å²) < 4.78 is 3.16. The van der Waals surface area contributed by atoms with Crippen molar-refractivity contribution in [2.75, 3.05) is 5.32 Å². The van der Waals surface area contributed by atoms with Gasteiger partial charge in [-0.25, -0.2) is 9.67 Å². The molecule has 5 aromatic rings. The van der Waals surface area contributed by atoms with Crippen LogP contribution in [0.3, 0.4) is 0 Å². The van der Waals surface area contributed by atoms with Crippen LogP contribution in [0.2, 0.25) is 0 Å². The number of aryl methyl sites for hydroxylation is 2. The first kappa shape index (κ1) is 21.8. The second-order valence-electron chi connectivity index (χ2n) is 8.21. The summed E-state index contributed by atoms with van der Waals surface area (Å²) in [6, 6.07) is 17.7. The van der Waals surface area contributed by atoms with Gasteiger partial charge in [-0.15, -0.1) is 11.3 Å². The Morgan fingerprint density at radius 1 is 1.03 bits per heavy atom. The molecule has 2 aromatic carbocycles. The fourth-order valence-corrected chi connectivity index (χ4v) is 4.91. The molecule has 0 fully saturated rings. The van der Waals surface area contributed by atoms with E-state index >= 15 is 0 Å². The lowest BCUT2D eigenvalue weighted by Crippen LogP contribution is -2.28. The molecule has 8 heteroatoms. The minimum atomic E-state index is -0.311. The number of aromatic nitrogens is 4. The molecule has 1 amide bonds. The fourth-order valence-electron chi connectivity index (χ4n) is 4.00. The molecule has 0 aliphatic rings. The van der Waals surface area contributed by atoms with Crippen LogP contribution in [0.1, 0.15) is 17.0 Å². The van der Waals surface area contributed by atoms with Crippen molar-refractivity contribution in [2.45, 2.75) is 27.3 Å². The number of hydrogen-bond donors (Lipinski definition) is 1. The van der Waals surface area contributed by atoms with Crippen molar-refractivity contribution in [2.24, 2.45) is 0 Å². The normalized spacial score (nSPS) is 11.1. The van der Waals surface area contributed by atoms with Crippen molar-refractivity contribution in [3.8, 4) is 16.8 Å². The fraction of sp³-hybridized carbons (Fsp3) is 0.154. The molecule has 1 N–H and O–H groups in total. The van der Waals surface area contributed by atoms with Crippen LogP contribution in [0.25, 0.3) is 27.0 Å². The highest BCUT2D eigenvalue weighted by atomic mass is 32.1. The Bertz CT molecular complexity index is 1560. The second-order valence-corrected chi connectivity index (χ2v) is 9.07. The van der Waals surface area contributed by atoms with Crippen molar-refractivity contribution >= 4 is 33.1 Å². The second kappa shape index (κ2) is 8.72. The summed E-state index contributed by atoms with van der Waals surface area (Å²) in [7, 11) is 0. The van der Waals surface area contributed by atoms with Crippen LogP contribution in [0, 0.1) is 20.8 Å². The number of rotatable bonds is 5. The standard InChI is InChI=1S/C26H23N5O2S/c1-16-9-11-20(12-10-16)31-18(3)24(17(2)29-31)28-22(32)13-30-15-27-25-23(26(30)33)21(14-34-25)19-7-5-4-6-8-19/h4-12,14-15H,13H2,1-3H3,(H,28,32). The van der Waals surface area contributed by atoms with Crippen molar-refractivity contribution in [1.29, 1.82) is 0 Å². The number of carbonyl (C=O) groups is 1. The van der Waals surface area contributed by atoms with Gasteiger partial charge in [0.05, 0.1) is 34.5 Å². The van der Waals surface area contributed by atoms with E-state index in [4.69, 9.17) is 0 Å². The lowest BCUT2D eigenvalue weighted by molar-refractivity contribution is -0.116. The third kappa shape index (κ3) is 3.92. The van der Waals surface area contributed by atoms with Gasteiger partial charge in [-0.05, 0) is 38.5 Å². The molecule has 0 atom stereocenters. The van der Waals surface area contributed by atoms with Crippen LogP contribution < -0.4 is 10.9 Å². The molecule has 0 radical (unpaired) electrons. The van der Waals surface area contributed by atoms with E-state index < -0.39 is 0 Å². The number of hydrogen-bond acceptors (Lipinski definition) is 5. The summed E-state index contributed by atoms with van der Waals surface area (Å²) in [5.41, 5.74) is 5.80. The van der Waals surface area contributed by atoms with Crippen molar-refractivity contribution in [1.82, 2.24) is 19.3 Å². The maximum atomic E-state index is 13.3. The average Bonchev–Trinajstić information content (AvgIpc) is 3.39. The topological polar surface area (TPSA) is 81.8 Å². The van der Waals surface area contributed by atoms with Crippen LogP contribution >= 0.6 is 11.3 Å². The quantitative estimate of drug-likeness (QED) is 0.398. The van der Waals surface area contributed by atoms with E-state index in [0.717, 1.165) is 28.1 Å². The number of anilines is 1. The van der Waals surface area contributed by atoms with E-state index in [1.54, 1.807) is 0 Å². The molecule has 34 heavy (non-hydrogen) atoms. The van der Waals surface area contributed by atoms with Gasteiger partial charge in [0, 0.05) is 10.9 Å². The number of amides is 1. The summed E-state index contributed by atoms with van der Waals surface area (Å²) in [5.74, 6) is -0.311. The summed E-state index contributed by atoms with van der Waals surface area (Å²) in [6.45, 7) is 5.65. The molecule has 170 valence electrons. The molecule has 3 heterocycles. The van der Waals surface area contributed by atoms with E-state index in [0.29, 0.717) is 21.6 Å². The van der Waals surface area contributed by atoms with Gasteiger partial charge in [0.1, 0.15) is 11.4 Å². The molecule has 0 aliphatic heterocycles. The van der Waals surface area contributed by atoms with E-state index in [1.807, 2.05) is 85.4 Å². The predicted molar refractivity (Wildman–Crippen MR) is 136 cm³/mol. The Morgan fingerprint density at radius 2 is 1.76 bits per heavy atom. The van der Waals surface area contributed by atoms with Gasteiger partial charge in [-0.2, -0.15) is 5.10 Å². The van der Waals surface area contributed by atoms with Gasteiger partial charge < -0.3 is 5.32 Å². The molecule has 0 spiro atoms. The Hall–Kier alpha value is -4.04. The summed E-state index contributed by atoms with van der Waals surface area (Å²) in [6.07, 6.45) is 1.44. The molecular formula is C26H23N5O2S. The minimum Gasteiger partial charge on any atom is -0.321 e. The van der Waals surface area contributed by atoms with Crippen LogP contribution in [0.5, 0.6) is 0 Å². The smallest absolute Gasteiger partial charge is 0.263 e. The Balaban J connectivity index is 1.42. The zero-order valence-corrected chi connectivity index (χ0v) is 19.9. The first-order valence-corrected chi connectivity index (χ1v) is 11.8. The summed E-state index contributed by atoms with van der Waals surface area (Å²) in [5, 5.41) is 9.99. The average molecular weight is 470 g/mol. The molecule has 0 bridgehead atoms. The summed E-state index contributed by atoms with van der Waals surface area (Å²) in [4.78, 5) is 31.3. The Morgan fingerprint density at radius 3 is 2.50 bits per heavy atom. The number of benzene rings is 2. The number of nitrogens with one attached hydrogen (secondary N) is 1. The van der Waals surface area contributed by atoms with E-state index in [9.17, 15) is 9.59 Å². The maximum Gasteiger partial charge on any atom is 0.263 e.